The number of hydrogen-bond acceptors (Lipinski definition) is 4. The molecule has 1 aromatic rings. The molecule has 0 aliphatic carbocycles. The van der Waals surface area contributed by atoms with Gasteiger partial charge in [-0.3, -0.25) is 4.79 Å². The molecular formula is C13H15N3O3. The predicted molar refractivity (Wildman–Crippen MR) is 67.4 cm³/mol. The zero-order valence-electron chi connectivity index (χ0n) is 10.6. The van der Waals surface area contributed by atoms with E-state index in [2.05, 4.69) is 10.3 Å². The molecule has 0 aromatic carbocycles. The number of nitriles is 1. The lowest BCUT2D eigenvalue weighted by Gasteiger charge is -2.13. The molecule has 0 saturated heterocycles. The molecule has 1 atom stereocenters. The number of aromatic nitrogens is 1. The minimum atomic E-state index is -1.06. The van der Waals surface area contributed by atoms with Crippen LogP contribution >= 0.6 is 0 Å². The number of rotatable bonds is 6. The normalized spacial score (nSPS) is 11.4. The standard InChI is InChI=1S/C13H15N3O3/c1-2-3-4-11(13(18)19)16-12(17)10-6-5-9(7-14)8-15-10/h5-6,8,11H,2-4H2,1H3,(H,16,17)(H,18,19). The van der Waals surface area contributed by atoms with Crippen LogP contribution in [0.3, 0.4) is 0 Å². The molecule has 6 nitrogen and oxygen atoms in total. The molecule has 1 aromatic heterocycles. The Morgan fingerprint density at radius 2 is 2.26 bits per heavy atom. The zero-order valence-corrected chi connectivity index (χ0v) is 10.6. The van der Waals surface area contributed by atoms with Crippen molar-refractivity contribution >= 4 is 11.9 Å². The van der Waals surface area contributed by atoms with E-state index in [1.807, 2.05) is 13.0 Å². The molecule has 0 aliphatic rings. The molecule has 0 aliphatic heterocycles. The minimum absolute atomic E-state index is 0.0988. The second-order valence-corrected chi connectivity index (χ2v) is 4.05. The summed E-state index contributed by atoms with van der Waals surface area (Å²) >= 11 is 0. The van der Waals surface area contributed by atoms with Crippen molar-refractivity contribution in [3.63, 3.8) is 0 Å². The lowest BCUT2D eigenvalue weighted by molar-refractivity contribution is -0.139. The van der Waals surface area contributed by atoms with E-state index >= 15 is 0 Å². The smallest absolute Gasteiger partial charge is 0.326 e. The largest absolute Gasteiger partial charge is 0.480 e. The Kier molecular flexibility index (Phi) is 5.48. The third-order valence-corrected chi connectivity index (χ3v) is 2.57. The Hall–Kier alpha value is -2.42. The maximum atomic E-state index is 11.8. The number of carbonyl (C=O) groups excluding carboxylic acids is 1. The summed E-state index contributed by atoms with van der Waals surface area (Å²) in [6.45, 7) is 1.95. The number of unbranched alkanes of at least 4 members (excludes halogenated alkanes) is 1. The van der Waals surface area contributed by atoms with Gasteiger partial charge in [-0.05, 0) is 18.6 Å². The van der Waals surface area contributed by atoms with Crippen molar-refractivity contribution in [1.29, 1.82) is 5.26 Å². The summed E-state index contributed by atoms with van der Waals surface area (Å²) in [5, 5.41) is 20.0. The Balaban J connectivity index is 2.70. The van der Waals surface area contributed by atoms with Crippen LogP contribution in [0.5, 0.6) is 0 Å². The number of amides is 1. The number of nitrogens with zero attached hydrogens (tertiary/aromatic N) is 2. The van der Waals surface area contributed by atoms with E-state index in [0.717, 1.165) is 12.8 Å². The summed E-state index contributed by atoms with van der Waals surface area (Å²) in [5.41, 5.74) is 0.444. The van der Waals surface area contributed by atoms with Gasteiger partial charge in [0.15, 0.2) is 0 Å². The van der Waals surface area contributed by atoms with Crippen LogP contribution in [0.25, 0.3) is 0 Å². The highest BCUT2D eigenvalue weighted by Crippen LogP contribution is 2.04. The van der Waals surface area contributed by atoms with E-state index in [-0.39, 0.29) is 5.69 Å². The number of carboxylic acid groups (broad SMARTS) is 1. The Bertz CT molecular complexity index is 491. The first-order valence-corrected chi connectivity index (χ1v) is 5.98. The summed E-state index contributed by atoms with van der Waals surface area (Å²) in [6, 6.07) is 3.84. The quantitative estimate of drug-likeness (QED) is 0.804. The SMILES string of the molecule is CCCCC(NC(=O)c1ccc(C#N)cn1)C(=O)O. The average Bonchev–Trinajstić information content (AvgIpc) is 2.43. The molecule has 0 spiro atoms. The summed E-state index contributed by atoms with van der Waals surface area (Å²) in [6.07, 6.45) is 3.23. The van der Waals surface area contributed by atoms with E-state index in [1.54, 1.807) is 0 Å². The first-order valence-electron chi connectivity index (χ1n) is 5.98. The van der Waals surface area contributed by atoms with Gasteiger partial charge in [0.2, 0.25) is 0 Å². The van der Waals surface area contributed by atoms with Crippen LogP contribution in [0.4, 0.5) is 0 Å². The number of hydrogen-bond donors (Lipinski definition) is 2. The van der Waals surface area contributed by atoms with E-state index in [4.69, 9.17) is 10.4 Å². The molecule has 1 amide bonds. The summed E-state index contributed by atoms with van der Waals surface area (Å²) < 4.78 is 0. The second-order valence-electron chi connectivity index (χ2n) is 4.05. The average molecular weight is 261 g/mol. The van der Waals surface area contributed by atoms with Gasteiger partial charge in [-0.25, -0.2) is 9.78 Å². The highest BCUT2D eigenvalue weighted by molar-refractivity contribution is 5.94. The van der Waals surface area contributed by atoms with Crippen molar-refractivity contribution in [3.8, 4) is 6.07 Å². The molecule has 1 heterocycles. The lowest BCUT2D eigenvalue weighted by Crippen LogP contribution is -2.41. The van der Waals surface area contributed by atoms with Crippen LogP contribution in [-0.2, 0) is 4.79 Å². The van der Waals surface area contributed by atoms with Crippen LogP contribution in [0, 0.1) is 11.3 Å². The van der Waals surface area contributed by atoms with E-state index in [0.29, 0.717) is 12.0 Å². The second kappa shape index (κ2) is 7.11. The third-order valence-electron chi connectivity index (χ3n) is 2.57. The molecule has 1 rings (SSSR count). The number of carboxylic acids is 1. The topological polar surface area (TPSA) is 103 Å². The van der Waals surface area contributed by atoms with Gasteiger partial charge in [0, 0.05) is 6.20 Å². The number of aliphatic carboxylic acids is 1. The maximum Gasteiger partial charge on any atom is 0.326 e. The van der Waals surface area contributed by atoms with Gasteiger partial charge in [0.05, 0.1) is 5.56 Å². The molecule has 100 valence electrons. The fourth-order valence-corrected chi connectivity index (χ4v) is 1.49. The number of pyridine rings is 1. The van der Waals surface area contributed by atoms with Crippen molar-refractivity contribution in [2.45, 2.75) is 32.2 Å². The summed E-state index contributed by atoms with van der Waals surface area (Å²) in [7, 11) is 0. The van der Waals surface area contributed by atoms with Gasteiger partial charge in [-0.2, -0.15) is 5.26 Å². The van der Waals surface area contributed by atoms with E-state index < -0.39 is 17.9 Å². The number of carbonyl (C=O) groups is 2. The highest BCUT2D eigenvalue weighted by Gasteiger charge is 2.20. The fraction of sp³-hybridized carbons (Fsp3) is 0.385. The van der Waals surface area contributed by atoms with Gasteiger partial charge in [0.25, 0.3) is 5.91 Å². The van der Waals surface area contributed by atoms with E-state index in [1.165, 1.54) is 18.3 Å². The van der Waals surface area contributed by atoms with Crippen LogP contribution in [0.15, 0.2) is 18.3 Å². The first kappa shape index (κ1) is 14.6. The van der Waals surface area contributed by atoms with Gasteiger partial charge in [-0.1, -0.05) is 19.8 Å². The molecule has 0 bridgehead atoms. The van der Waals surface area contributed by atoms with Crippen LogP contribution in [0.2, 0.25) is 0 Å². The molecule has 0 fully saturated rings. The van der Waals surface area contributed by atoms with Crippen molar-refractivity contribution in [3.05, 3.63) is 29.6 Å². The van der Waals surface area contributed by atoms with Gasteiger partial charge >= 0.3 is 5.97 Å². The summed E-state index contributed by atoms with van der Waals surface area (Å²) in [4.78, 5) is 26.6. The molecule has 1 unspecified atom stereocenters. The Morgan fingerprint density at radius 1 is 1.53 bits per heavy atom. The van der Waals surface area contributed by atoms with Crippen LogP contribution < -0.4 is 5.32 Å². The van der Waals surface area contributed by atoms with Gasteiger partial charge < -0.3 is 10.4 Å². The summed E-state index contributed by atoms with van der Waals surface area (Å²) in [5.74, 6) is -1.61. The van der Waals surface area contributed by atoms with Gasteiger partial charge in [0.1, 0.15) is 17.8 Å². The first-order chi connectivity index (χ1) is 9.08. The monoisotopic (exact) mass is 261 g/mol. The minimum Gasteiger partial charge on any atom is -0.480 e. The Labute approximate surface area is 111 Å². The molecular weight excluding hydrogens is 246 g/mol. The fourth-order valence-electron chi connectivity index (χ4n) is 1.49. The predicted octanol–water partition coefficient (Wildman–Crippen LogP) is 1.33. The van der Waals surface area contributed by atoms with Crippen LogP contribution in [0.1, 0.15) is 42.2 Å². The molecule has 0 radical (unpaired) electrons. The van der Waals surface area contributed by atoms with Crippen molar-refractivity contribution in [1.82, 2.24) is 10.3 Å². The molecule has 2 N–H and O–H groups in total. The van der Waals surface area contributed by atoms with E-state index in [9.17, 15) is 9.59 Å². The van der Waals surface area contributed by atoms with Crippen LogP contribution in [-0.4, -0.2) is 28.0 Å². The molecule has 19 heavy (non-hydrogen) atoms. The van der Waals surface area contributed by atoms with Crippen molar-refractivity contribution in [2.75, 3.05) is 0 Å². The zero-order chi connectivity index (χ0) is 14.3. The molecule has 0 saturated carbocycles. The number of nitrogens with one attached hydrogen (secondary N) is 1. The highest BCUT2D eigenvalue weighted by atomic mass is 16.4. The Morgan fingerprint density at radius 3 is 2.74 bits per heavy atom. The molecule has 6 heteroatoms. The lowest BCUT2D eigenvalue weighted by atomic mass is 10.1. The third kappa shape index (κ3) is 4.39. The van der Waals surface area contributed by atoms with Gasteiger partial charge in [-0.15, -0.1) is 0 Å². The van der Waals surface area contributed by atoms with Crippen molar-refractivity contribution in [2.24, 2.45) is 0 Å². The maximum absolute atomic E-state index is 11.8. The van der Waals surface area contributed by atoms with Crippen molar-refractivity contribution < 1.29 is 14.7 Å².